The van der Waals surface area contributed by atoms with Crippen LogP contribution in [0.5, 0.6) is 0 Å². The van der Waals surface area contributed by atoms with Crippen molar-refractivity contribution in [3.05, 3.63) is 42.1 Å². The zero-order valence-electron chi connectivity index (χ0n) is 15.0. The third kappa shape index (κ3) is 3.16. The van der Waals surface area contributed by atoms with Crippen LogP contribution in [0.1, 0.15) is 26.5 Å². The number of piperazine rings is 1. The van der Waals surface area contributed by atoms with Gasteiger partial charge in [0.2, 0.25) is 5.95 Å². The van der Waals surface area contributed by atoms with E-state index in [0.29, 0.717) is 0 Å². The summed E-state index contributed by atoms with van der Waals surface area (Å²) < 4.78 is 0. The first-order valence-electron chi connectivity index (χ1n) is 8.79. The zero-order chi connectivity index (χ0) is 17.4. The van der Waals surface area contributed by atoms with Crippen LogP contribution in [0.25, 0.3) is 11.0 Å². The van der Waals surface area contributed by atoms with E-state index in [4.69, 9.17) is 4.98 Å². The van der Waals surface area contributed by atoms with Crippen LogP contribution < -0.4 is 9.80 Å². The number of anilines is 2. The summed E-state index contributed by atoms with van der Waals surface area (Å²) in [5.74, 6) is 1.91. The topological polar surface area (TPSA) is 60.9 Å². The van der Waals surface area contributed by atoms with Crippen molar-refractivity contribution in [2.24, 2.45) is 0 Å². The summed E-state index contributed by atoms with van der Waals surface area (Å²) in [6.45, 7) is 10.1. The van der Waals surface area contributed by atoms with Crippen molar-refractivity contribution < 1.29 is 0 Å². The van der Waals surface area contributed by atoms with E-state index < -0.39 is 0 Å². The van der Waals surface area contributed by atoms with Gasteiger partial charge in [-0.25, -0.2) is 4.98 Å². The Morgan fingerprint density at radius 1 is 0.880 bits per heavy atom. The normalized spacial score (nSPS) is 15.8. The number of benzene rings is 1. The fourth-order valence-electron chi connectivity index (χ4n) is 3.13. The number of fused-ring (bicyclic) bond motifs is 1. The van der Waals surface area contributed by atoms with Crippen LogP contribution >= 0.6 is 0 Å². The predicted molar refractivity (Wildman–Crippen MR) is 101 cm³/mol. The maximum absolute atomic E-state index is 4.70. The highest BCUT2D eigenvalue weighted by molar-refractivity contribution is 5.77. The highest BCUT2D eigenvalue weighted by Gasteiger charge is 2.22. The standard InChI is InChI=1S/C19H24N6/c1-19(2,3)16-8-9-17(23-22-16)24-10-12-25(13-11-24)18-20-14-6-4-5-7-15(14)21-18/h4-9H,10-13H2,1-3H3,(H,20,21). The Morgan fingerprint density at radius 3 is 2.24 bits per heavy atom. The molecule has 6 nitrogen and oxygen atoms in total. The first-order chi connectivity index (χ1) is 12.0. The third-order valence-electron chi connectivity index (χ3n) is 4.70. The third-order valence-corrected chi connectivity index (χ3v) is 4.70. The number of para-hydroxylation sites is 2. The van der Waals surface area contributed by atoms with E-state index in [-0.39, 0.29) is 5.41 Å². The molecule has 0 amide bonds. The second kappa shape index (κ2) is 6.02. The predicted octanol–water partition coefficient (Wildman–Crippen LogP) is 2.98. The van der Waals surface area contributed by atoms with Crippen molar-refractivity contribution in [2.45, 2.75) is 26.2 Å². The molecule has 1 N–H and O–H groups in total. The number of nitrogens with zero attached hydrogens (tertiary/aromatic N) is 5. The van der Waals surface area contributed by atoms with Crippen LogP contribution in [0.15, 0.2) is 36.4 Å². The van der Waals surface area contributed by atoms with Gasteiger partial charge in [0.1, 0.15) is 0 Å². The molecular formula is C19H24N6. The number of hydrogen-bond donors (Lipinski definition) is 1. The average Bonchev–Trinajstić information content (AvgIpc) is 3.05. The largest absolute Gasteiger partial charge is 0.352 e. The number of rotatable bonds is 2. The lowest BCUT2D eigenvalue weighted by atomic mass is 9.92. The molecule has 130 valence electrons. The number of H-pyrrole nitrogens is 1. The molecule has 6 heteroatoms. The lowest BCUT2D eigenvalue weighted by Crippen LogP contribution is -2.47. The minimum atomic E-state index is 0.0333. The lowest BCUT2D eigenvalue weighted by Gasteiger charge is -2.35. The van der Waals surface area contributed by atoms with E-state index >= 15 is 0 Å². The second-order valence-corrected chi connectivity index (χ2v) is 7.58. The smallest absolute Gasteiger partial charge is 0.203 e. The fourth-order valence-corrected chi connectivity index (χ4v) is 3.13. The van der Waals surface area contributed by atoms with Gasteiger partial charge < -0.3 is 14.8 Å². The van der Waals surface area contributed by atoms with Gasteiger partial charge in [0.15, 0.2) is 5.82 Å². The average molecular weight is 336 g/mol. The van der Waals surface area contributed by atoms with Crippen LogP contribution in [0.2, 0.25) is 0 Å². The summed E-state index contributed by atoms with van der Waals surface area (Å²) >= 11 is 0. The highest BCUT2D eigenvalue weighted by atomic mass is 15.4. The molecule has 1 fully saturated rings. The van der Waals surface area contributed by atoms with Gasteiger partial charge >= 0.3 is 0 Å². The molecule has 1 aromatic carbocycles. The van der Waals surface area contributed by atoms with Crippen molar-refractivity contribution in [3.63, 3.8) is 0 Å². The number of hydrogen-bond acceptors (Lipinski definition) is 5. The Bertz CT molecular complexity index is 821. The molecule has 0 bridgehead atoms. The van der Waals surface area contributed by atoms with Gasteiger partial charge in [0.25, 0.3) is 0 Å². The summed E-state index contributed by atoms with van der Waals surface area (Å²) in [6.07, 6.45) is 0. The molecule has 2 aromatic heterocycles. The summed E-state index contributed by atoms with van der Waals surface area (Å²) in [5, 5.41) is 8.84. The highest BCUT2D eigenvalue weighted by Crippen LogP contribution is 2.22. The number of aromatic amines is 1. The fraction of sp³-hybridized carbons (Fsp3) is 0.421. The lowest BCUT2D eigenvalue weighted by molar-refractivity contribution is 0.556. The van der Waals surface area contributed by atoms with Crippen molar-refractivity contribution >= 4 is 22.8 Å². The first-order valence-corrected chi connectivity index (χ1v) is 8.79. The van der Waals surface area contributed by atoms with Gasteiger partial charge in [-0.15, -0.1) is 5.10 Å². The van der Waals surface area contributed by atoms with Gasteiger partial charge in [-0.05, 0) is 24.3 Å². The van der Waals surface area contributed by atoms with Crippen LogP contribution in [0, 0.1) is 0 Å². The molecule has 0 atom stereocenters. The van der Waals surface area contributed by atoms with Crippen molar-refractivity contribution in [2.75, 3.05) is 36.0 Å². The molecule has 0 radical (unpaired) electrons. The van der Waals surface area contributed by atoms with E-state index in [9.17, 15) is 0 Å². The van der Waals surface area contributed by atoms with E-state index in [1.54, 1.807) is 0 Å². The van der Waals surface area contributed by atoms with Gasteiger partial charge in [-0.2, -0.15) is 5.10 Å². The first kappa shape index (κ1) is 15.9. The zero-order valence-corrected chi connectivity index (χ0v) is 15.0. The molecule has 0 aliphatic carbocycles. The Morgan fingerprint density at radius 2 is 1.60 bits per heavy atom. The summed E-state index contributed by atoms with van der Waals surface area (Å²) in [6, 6.07) is 12.3. The molecule has 4 rings (SSSR count). The molecule has 3 heterocycles. The summed E-state index contributed by atoms with van der Waals surface area (Å²) in [5.41, 5.74) is 3.16. The summed E-state index contributed by atoms with van der Waals surface area (Å²) in [7, 11) is 0. The van der Waals surface area contributed by atoms with E-state index in [0.717, 1.165) is 54.7 Å². The van der Waals surface area contributed by atoms with Crippen molar-refractivity contribution in [3.8, 4) is 0 Å². The Labute approximate surface area is 147 Å². The molecule has 0 saturated carbocycles. The molecule has 3 aromatic rings. The van der Waals surface area contributed by atoms with E-state index in [1.165, 1.54) is 0 Å². The number of imidazole rings is 1. The Kier molecular flexibility index (Phi) is 3.82. The Hall–Kier alpha value is -2.63. The van der Waals surface area contributed by atoms with Crippen LogP contribution in [-0.4, -0.2) is 46.3 Å². The summed E-state index contributed by atoms with van der Waals surface area (Å²) in [4.78, 5) is 12.7. The maximum Gasteiger partial charge on any atom is 0.203 e. The maximum atomic E-state index is 4.70. The molecule has 25 heavy (non-hydrogen) atoms. The SMILES string of the molecule is CC(C)(C)c1ccc(N2CCN(c3nc4ccccc4[nH]3)CC2)nn1. The van der Waals surface area contributed by atoms with Crippen LogP contribution in [-0.2, 0) is 5.41 Å². The van der Waals surface area contributed by atoms with Gasteiger partial charge in [0, 0.05) is 31.6 Å². The molecule has 1 aliphatic heterocycles. The quantitative estimate of drug-likeness (QED) is 0.779. The van der Waals surface area contributed by atoms with Crippen molar-refractivity contribution in [1.29, 1.82) is 0 Å². The Balaban J connectivity index is 1.44. The number of aromatic nitrogens is 4. The van der Waals surface area contributed by atoms with E-state index in [1.807, 2.05) is 18.2 Å². The van der Waals surface area contributed by atoms with Gasteiger partial charge in [-0.1, -0.05) is 32.9 Å². The number of nitrogens with one attached hydrogen (secondary N) is 1. The monoisotopic (exact) mass is 336 g/mol. The van der Waals surface area contributed by atoms with Gasteiger partial charge in [0.05, 0.1) is 16.7 Å². The second-order valence-electron chi connectivity index (χ2n) is 7.58. The minimum absolute atomic E-state index is 0.0333. The van der Waals surface area contributed by atoms with Gasteiger partial charge in [-0.3, -0.25) is 0 Å². The molecule has 0 spiro atoms. The molecule has 0 unspecified atom stereocenters. The van der Waals surface area contributed by atoms with Crippen molar-refractivity contribution in [1.82, 2.24) is 20.2 Å². The minimum Gasteiger partial charge on any atom is -0.352 e. The molecule has 1 saturated heterocycles. The molecule has 1 aliphatic rings. The van der Waals surface area contributed by atoms with Crippen LogP contribution in [0.3, 0.4) is 0 Å². The van der Waals surface area contributed by atoms with E-state index in [2.05, 4.69) is 64.0 Å². The van der Waals surface area contributed by atoms with Crippen LogP contribution in [0.4, 0.5) is 11.8 Å². The molecular weight excluding hydrogens is 312 g/mol.